The van der Waals surface area contributed by atoms with Gasteiger partial charge in [-0.25, -0.2) is 0 Å². The van der Waals surface area contributed by atoms with Crippen molar-refractivity contribution in [3.05, 3.63) is 35.9 Å². The van der Waals surface area contributed by atoms with Gasteiger partial charge in [-0.15, -0.1) is 0 Å². The summed E-state index contributed by atoms with van der Waals surface area (Å²) in [6.45, 7) is 7.46. The Morgan fingerprint density at radius 3 is 2.64 bits per heavy atom. The van der Waals surface area contributed by atoms with E-state index in [0.717, 1.165) is 25.9 Å². The van der Waals surface area contributed by atoms with Crippen molar-refractivity contribution in [2.75, 3.05) is 6.54 Å². The van der Waals surface area contributed by atoms with Crippen molar-refractivity contribution in [2.45, 2.75) is 51.9 Å². The fraction of sp³-hybridized carbons (Fsp3) is 0.611. The fourth-order valence-electron chi connectivity index (χ4n) is 3.37. The Hall–Kier alpha value is -1.39. The third-order valence-electron chi connectivity index (χ3n) is 4.29. The highest BCUT2D eigenvalue weighted by atomic mass is 16.7. The minimum Gasteiger partial charge on any atom is -0.460 e. The van der Waals surface area contributed by atoms with Crippen LogP contribution < -0.4 is 0 Å². The van der Waals surface area contributed by atoms with Gasteiger partial charge in [0.2, 0.25) is 0 Å². The Morgan fingerprint density at radius 1 is 1.27 bits per heavy atom. The van der Waals surface area contributed by atoms with Crippen LogP contribution in [0, 0.1) is 11.8 Å². The lowest BCUT2D eigenvalue weighted by Gasteiger charge is -2.23. The van der Waals surface area contributed by atoms with Crippen molar-refractivity contribution in [2.24, 2.45) is 11.8 Å². The van der Waals surface area contributed by atoms with E-state index in [1.54, 1.807) is 0 Å². The molecule has 4 nitrogen and oxygen atoms in total. The van der Waals surface area contributed by atoms with E-state index in [2.05, 4.69) is 12.1 Å². The quantitative estimate of drug-likeness (QED) is 0.804. The Labute approximate surface area is 132 Å². The molecule has 1 saturated carbocycles. The van der Waals surface area contributed by atoms with E-state index in [9.17, 15) is 4.79 Å². The number of carbonyl (C=O) groups excluding carboxylic acids is 1. The molecule has 4 heteroatoms. The summed E-state index contributed by atoms with van der Waals surface area (Å²) < 4.78 is 5.50. The van der Waals surface area contributed by atoms with Crippen LogP contribution in [0.25, 0.3) is 0 Å². The van der Waals surface area contributed by atoms with Gasteiger partial charge in [-0.3, -0.25) is 9.63 Å². The number of hydrogen-bond acceptors (Lipinski definition) is 4. The number of hydrogen-bond donors (Lipinski definition) is 0. The van der Waals surface area contributed by atoms with Gasteiger partial charge in [0.25, 0.3) is 0 Å². The van der Waals surface area contributed by atoms with Crippen LogP contribution >= 0.6 is 0 Å². The molecule has 0 unspecified atom stereocenters. The Balaban J connectivity index is 1.51. The van der Waals surface area contributed by atoms with Gasteiger partial charge in [0.1, 0.15) is 5.60 Å². The molecule has 1 aromatic rings. The van der Waals surface area contributed by atoms with Crippen molar-refractivity contribution in [3.63, 3.8) is 0 Å². The van der Waals surface area contributed by atoms with Gasteiger partial charge in [-0.2, -0.15) is 5.06 Å². The monoisotopic (exact) mass is 303 g/mol. The Morgan fingerprint density at radius 2 is 2.00 bits per heavy atom. The van der Waals surface area contributed by atoms with Crippen LogP contribution in [0.1, 0.15) is 39.2 Å². The van der Waals surface area contributed by atoms with Gasteiger partial charge in [-0.05, 0) is 39.2 Å². The number of nitrogens with zero attached hydrogens (tertiary/aromatic N) is 1. The molecule has 0 spiro atoms. The molecule has 0 amide bonds. The summed E-state index contributed by atoms with van der Waals surface area (Å²) in [5.74, 6) is 0.370. The van der Waals surface area contributed by atoms with E-state index in [4.69, 9.17) is 9.57 Å². The summed E-state index contributed by atoms with van der Waals surface area (Å²) in [4.78, 5) is 18.2. The predicted molar refractivity (Wildman–Crippen MR) is 83.8 cm³/mol. The van der Waals surface area contributed by atoms with E-state index in [-0.39, 0.29) is 18.0 Å². The number of ether oxygens (including phenoxy) is 1. The minimum atomic E-state index is -0.408. The Kier molecular flexibility index (Phi) is 4.24. The molecule has 1 heterocycles. The molecule has 0 N–H and O–H groups in total. The van der Waals surface area contributed by atoms with Crippen molar-refractivity contribution < 1.29 is 14.4 Å². The number of benzene rings is 1. The molecule has 0 radical (unpaired) electrons. The average Bonchev–Trinajstić information content (AvgIpc) is 2.96. The van der Waals surface area contributed by atoms with E-state index >= 15 is 0 Å². The highest BCUT2D eigenvalue weighted by molar-refractivity contribution is 5.73. The number of esters is 1. The fourth-order valence-corrected chi connectivity index (χ4v) is 3.37. The Bertz CT molecular complexity index is 509. The molecule has 0 bridgehead atoms. The number of rotatable bonds is 3. The third-order valence-corrected chi connectivity index (χ3v) is 4.29. The molecule has 0 aromatic heterocycles. The summed E-state index contributed by atoms with van der Waals surface area (Å²) in [6, 6.07) is 10.3. The number of hydroxylamine groups is 2. The maximum absolute atomic E-state index is 12.2. The van der Waals surface area contributed by atoms with Gasteiger partial charge < -0.3 is 4.74 Å². The standard InChI is InChI=1S/C18H25NO3/c1-18(2,3)21-17(20)14-9-15-12-19(22-16(15)10-14)11-13-7-5-4-6-8-13/h4-8,14-16H,9-12H2,1-3H3/t14-,15+,16+/m0/s1. The molecule has 2 fully saturated rings. The first-order valence-corrected chi connectivity index (χ1v) is 8.09. The lowest BCUT2D eigenvalue weighted by molar-refractivity contribution is -0.167. The van der Waals surface area contributed by atoms with Crippen LogP contribution in [0.15, 0.2) is 30.3 Å². The molecule has 120 valence electrons. The molecule has 1 aromatic carbocycles. The average molecular weight is 303 g/mol. The largest absolute Gasteiger partial charge is 0.460 e. The first-order chi connectivity index (χ1) is 10.4. The first-order valence-electron chi connectivity index (χ1n) is 8.09. The molecule has 1 aliphatic heterocycles. The zero-order valence-corrected chi connectivity index (χ0v) is 13.6. The first kappa shape index (κ1) is 15.5. The van der Waals surface area contributed by atoms with E-state index < -0.39 is 5.60 Å². The normalized spacial score (nSPS) is 28.6. The lowest BCUT2D eigenvalue weighted by Crippen LogP contribution is -2.29. The molecule has 1 saturated heterocycles. The van der Waals surface area contributed by atoms with Gasteiger partial charge in [0, 0.05) is 19.0 Å². The smallest absolute Gasteiger partial charge is 0.309 e. The van der Waals surface area contributed by atoms with Crippen LogP contribution in [0.5, 0.6) is 0 Å². The maximum Gasteiger partial charge on any atom is 0.309 e. The molecule has 22 heavy (non-hydrogen) atoms. The van der Waals surface area contributed by atoms with Gasteiger partial charge in [0.05, 0.1) is 12.0 Å². The highest BCUT2D eigenvalue weighted by Gasteiger charge is 2.45. The predicted octanol–water partition coefficient (Wildman–Crippen LogP) is 3.17. The second kappa shape index (κ2) is 6.01. The van der Waals surface area contributed by atoms with Crippen molar-refractivity contribution >= 4 is 5.97 Å². The summed E-state index contributed by atoms with van der Waals surface area (Å²) in [5, 5.41) is 2.04. The second-order valence-electron chi connectivity index (χ2n) is 7.41. The summed E-state index contributed by atoms with van der Waals surface area (Å²) in [6.07, 6.45) is 1.83. The number of carbonyl (C=O) groups is 1. The summed E-state index contributed by atoms with van der Waals surface area (Å²) >= 11 is 0. The molecule has 2 aliphatic rings. The van der Waals surface area contributed by atoms with Crippen LogP contribution in [0.4, 0.5) is 0 Å². The van der Waals surface area contributed by atoms with Gasteiger partial charge >= 0.3 is 5.97 Å². The highest BCUT2D eigenvalue weighted by Crippen LogP contribution is 2.40. The van der Waals surface area contributed by atoms with E-state index in [1.807, 2.05) is 44.0 Å². The molecule has 3 atom stereocenters. The van der Waals surface area contributed by atoms with E-state index in [1.165, 1.54) is 5.56 Å². The lowest BCUT2D eigenvalue weighted by atomic mass is 10.0. The SMILES string of the molecule is CC(C)(C)OC(=O)[C@H]1C[C@@H]2CN(Cc3ccccc3)O[C@@H]2C1. The molecule has 3 rings (SSSR count). The molecular weight excluding hydrogens is 278 g/mol. The third kappa shape index (κ3) is 3.68. The maximum atomic E-state index is 12.2. The van der Waals surface area contributed by atoms with E-state index in [0.29, 0.717) is 5.92 Å². The summed E-state index contributed by atoms with van der Waals surface area (Å²) in [7, 11) is 0. The van der Waals surface area contributed by atoms with Crippen molar-refractivity contribution in [1.82, 2.24) is 5.06 Å². The molecular formula is C18H25NO3. The number of fused-ring (bicyclic) bond motifs is 1. The topological polar surface area (TPSA) is 38.8 Å². The van der Waals surface area contributed by atoms with Crippen LogP contribution in [0.2, 0.25) is 0 Å². The van der Waals surface area contributed by atoms with Gasteiger partial charge in [0.15, 0.2) is 0 Å². The van der Waals surface area contributed by atoms with Crippen molar-refractivity contribution in [3.8, 4) is 0 Å². The van der Waals surface area contributed by atoms with Gasteiger partial charge in [-0.1, -0.05) is 30.3 Å². The van der Waals surface area contributed by atoms with Crippen LogP contribution in [0.3, 0.4) is 0 Å². The zero-order chi connectivity index (χ0) is 15.7. The second-order valence-corrected chi connectivity index (χ2v) is 7.41. The molecule has 1 aliphatic carbocycles. The minimum absolute atomic E-state index is 0.00639. The zero-order valence-electron chi connectivity index (χ0n) is 13.6. The van der Waals surface area contributed by atoms with Crippen LogP contribution in [-0.2, 0) is 20.9 Å². The van der Waals surface area contributed by atoms with Crippen molar-refractivity contribution in [1.29, 1.82) is 0 Å². The van der Waals surface area contributed by atoms with Crippen LogP contribution in [-0.4, -0.2) is 29.3 Å². The summed E-state index contributed by atoms with van der Waals surface area (Å²) in [5.41, 5.74) is 0.848.